The zero-order chi connectivity index (χ0) is 14.0. The van der Waals surface area contributed by atoms with Crippen molar-refractivity contribution >= 4 is 31.6 Å². The molecule has 0 spiro atoms. The van der Waals surface area contributed by atoms with E-state index in [0.29, 0.717) is 28.5 Å². The van der Waals surface area contributed by atoms with Gasteiger partial charge in [-0.25, -0.2) is 13.1 Å². The minimum Gasteiger partial charge on any atom is -0.398 e. The lowest BCUT2D eigenvalue weighted by molar-refractivity contribution is 0.498. The molecule has 4 nitrogen and oxygen atoms in total. The van der Waals surface area contributed by atoms with Crippen LogP contribution >= 0.6 is 15.9 Å². The first kappa shape index (κ1) is 14.8. The lowest BCUT2D eigenvalue weighted by Crippen LogP contribution is -2.28. The highest BCUT2D eigenvalue weighted by atomic mass is 79.9. The van der Waals surface area contributed by atoms with Crippen LogP contribution in [0.15, 0.2) is 27.6 Å². The van der Waals surface area contributed by atoms with Crippen LogP contribution in [0.4, 0.5) is 5.69 Å². The SMILES string of the molecule is CC1CCC(CNS(=O)(=O)c2ccc(Br)c(N)c2)C1. The van der Waals surface area contributed by atoms with E-state index in [2.05, 4.69) is 27.6 Å². The number of nitrogens with two attached hydrogens (primary N) is 1. The van der Waals surface area contributed by atoms with Crippen LogP contribution in [0, 0.1) is 11.8 Å². The molecule has 2 unspecified atom stereocenters. The second-order valence-electron chi connectivity index (χ2n) is 5.32. The molecule has 106 valence electrons. The van der Waals surface area contributed by atoms with E-state index in [0.717, 1.165) is 12.8 Å². The summed E-state index contributed by atoms with van der Waals surface area (Å²) in [6.07, 6.45) is 3.40. The number of sulfonamides is 1. The largest absolute Gasteiger partial charge is 0.398 e. The molecular formula is C13H19BrN2O2S. The number of benzene rings is 1. The molecule has 0 heterocycles. The highest BCUT2D eigenvalue weighted by Crippen LogP contribution is 2.30. The Morgan fingerprint density at radius 1 is 1.42 bits per heavy atom. The standard InChI is InChI=1S/C13H19BrN2O2S/c1-9-2-3-10(6-9)8-16-19(17,18)11-4-5-12(14)13(15)7-11/h4-5,7,9-10,16H,2-3,6,8,15H2,1H3. The third kappa shape index (κ3) is 3.70. The number of nitrogen functional groups attached to an aromatic ring is 1. The van der Waals surface area contributed by atoms with Gasteiger partial charge < -0.3 is 5.73 Å². The maximum absolute atomic E-state index is 12.2. The summed E-state index contributed by atoms with van der Waals surface area (Å²) in [4.78, 5) is 0.222. The van der Waals surface area contributed by atoms with Crippen molar-refractivity contribution in [2.45, 2.75) is 31.1 Å². The Morgan fingerprint density at radius 2 is 2.16 bits per heavy atom. The van der Waals surface area contributed by atoms with Gasteiger partial charge in [0.2, 0.25) is 10.0 Å². The van der Waals surface area contributed by atoms with Crippen molar-refractivity contribution in [2.24, 2.45) is 11.8 Å². The number of rotatable bonds is 4. The van der Waals surface area contributed by atoms with Gasteiger partial charge in [0.1, 0.15) is 0 Å². The number of nitrogens with one attached hydrogen (secondary N) is 1. The van der Waals surface area contributed by atoms with E-state index in [1.165, 1.54) is 12.5 Å². The second kappa shape index (κ2) is 5.81. The van der Waals surface area contributed by atoms with E-state index in [9.17, 15) is 8.42 Å². The van der Waals surface area contributed by atoms with Crippen LogP contribution in [-0.2, 0) is 10.0 Å². The minimum absolute atomic E-state index is 0.222. The number of anilines is 1. The first-order chi connectivity index (χ1) is 8.88. The molecule has 1 saturated carbocycles. The molecule has 2 atom stereocenters. The molecule has 0 aliphatic heterocycles. The lowest BCUT2D eigenvalue weighted by Gasteiger charge is -2.12. The van der Waals surface area contributed by atoms with Crippen molar-refractivity contribution < 1.29 is 8.42 Å². The summed E-state index contributed by atoms with van der Waals surface area (Å²) in [5.41, 5.74) is 6.14. The molecule has 0 saturated heterocycles. The van der Waals surface area contributed by atoms with E-state index >= 15 is 0 Å². The molecule has 2 rings (SSSR count). The van der Waals surface area contributed by atoms with Gasteiger partial charge in [0.15, 0.2) is 0 Å². The molecule has 3 N–H and O–H groups in total. The Balaban J connectivity index is 2.03. The topological polar surface area (TPSA) is 72.2 Å². The maximum atomic E-state index is 12.2. The van der Waals surface area contributed by atoms with Gasteiger partial charge in [-0.1, -0.05) is 13.3 Å². The Hall–Kier alpha value is -0.590. The third-order valence-electron chi connectivity index (χ3n) is 3.64. The van der Waals surface area contributed by atoms with Crippen molar-refractivity contribution in [2.75, 3.05) is 12.3 Å². The molecule has 0 radical (unpaired) electrons. The molecular weight excluding hydrogens is 328 g/mol. The molecule has 1 aliphatic rings. The number of hydrogen-bond acceptors (Lipinski definition) is 3. The van der Waals surface area contributed by atoms with Crippen molar-refractivity contribution in [3.8, 4) is 0 Å². The zero-order valence-electron chi connectivity index (χ0n) is 10.9. The van der Waals surface area contributed by atoms with Crippen LogP contribution in [0.2, 0.25) is 0 Å². The van der Waals surface area contributed by atoms with Gasteiger partial charge >= 0.3 is 0 Å². The van der Waals surface area contributed by atoms with Gasteiger partial charge in [0.05, 0.1) is 4.90 Å². The second-order valence-corrected chi connectivity index (χ2v) is 7.94. The van der Waals surface area contributed by atoms with Crippen LogP contribution in [0.25, 0.3) is 0 Å². The van der Waals surface area contributed by atoms with Crippen LogP contribution in [-0.4, -0.2) is 15.0 Å². The van der Waals surface area contributed by atoms with E-state index in [4.69, 9.17) is 5.73 Å². The fourth-order valence-electron chi connectivity index (χ4n) is 2.51. The Morgan fingerprint density at radius 3 is 2.74 bits per heavy atom. The van der Waals surface area contributed by atoms with E-state index in [1.807, 2.05) is 0 Å². The van der Waals surface area contributed by atoms with Crippen LogP contribution in [0.3, 0.4) is 0 Å². The molecule has 1 aromatic carbocycles. The molecule has 0 bridgehead atoms. The lowest BCUT2D eigenvalue weighted by atomic mass is 10.1. The summed E-state index contributed by atoms with van der Waals surface area (Å²) < 4.78 is 27.7. The molecule has 1 fully saturated rings. The van der Waals surface area contributed by atoms with E-state index in [-0.39, 0.29) is 4.90 Å². The molecule has 6 heteroatoms. The highest BCUT2D eigenvalue weighted by molar-refractivity contribution is 9.10. The fraction of sp³-hybridized carbons (Fsp3) is 0.538. The molecule has 19 heavy (non-hydrogen) atoms. The highest BCUT2D eigenvalue weighted by Gasteiger charge is 2.23. The Labute approximate surface area is 122 Å². The first-order valence-corrected chi connectivity index (χ1v) is 8.71. The smallest absolute Gasteiger partial charge is 0.240 e. The monoisotopic (exact) mass is 346 g/mol. The van der Waals surface area contributed by atoms with Gasteiger partial charge in [0.25, 0.3) is 0 Å². The van der Waals surface area contributed by atoms with Crippen molar-refractivity contribution in [1.29, 1.82) is 0 Å². The van der Waals surface area contributed by atoms with Crippen molar-refractivity contribution in [1.82, 2.24) is 4.72 Å². The van der Waals surface area contributed by atoms with Crippen molar-refractivity contribution in [3.05, 3.63) is 22.7 Å². The van der Waals surface area contributed by atoms with Crippen LogP contribution in [0.5, 0.6) is 0 Å². The maximum Gasteiger partial charge on any atom is 0.240 e. The molecule has 0 amide bonds. The Kier molecular flexibility index (Phi) is 4.53. The van der Waals surface area contributed by atoms with Crippen molar-refractivity contribution in [3.63, 3.8) is 0 Å². The summed E-state index contributed by atoms with van der Waals surface area (Å²) in [6, 6.07) is 4.69. The van der Waals surface area contributed by atoms with Crippen LogP contribution in [0.1, 0.15) is 26.2 Å². The predicted molar refractivity (Wildman–Crippen MR) is 80.2 cm³/mol. The van der Waals surface area contributed by atoms with E-state index < -0.39 is 10.0 Å². The number of hydrogen-bond donors (Lipinski definition) is 2. The van der Waals surface area contributed by atoms with Gasteiger partial charge in [-0.05, 0) is 58.8 Å². The summed E-state index contributed by atoms with van der Waals surface area (Å²) in [5, 5.41) is 0. The average Bonchev–Trinajstić information content (AvgIpc) is 2.76. The molecule has 0 aromatic heterocycles. The summed E-state index contributed by atoms with van der Waals surface area (Å²) >= 11 is 3.26. The summed E-state index contributed by atoms with van der Waals surface area (Å²) in [5.74, 6) is 1.16. The van der Waals surface area contributed by atoms with Crippen LogP contribution < -0.4 is 10.5 Å². The minimum atomic E-state index is -3.46. The van der Waals surface area contributed by atoms with Gasteiger partial charge in [0, 0.05) is 16.7 Å². The van der Waals surface area contributed by atoms with Gasteiger partial charge in [-0.3, -0.25) is 0 Å². The average molecular weight is 347 g/mol. The normalized spacial score (nSPS) is 23.7. The quantitative estimate of drug-likeness (QED) is 0.823. The summed E-state index contributed by atoms with van der Waals surface area (Å²) in [7, 11) is -3.46. The Bertz CT molecular complexity index is 560. The molecule has 1 aliphatic carbocycles. The third-order valence-corrected chi connectivity index (χ3v) is 5.79. The van der Waals surface area contributed by atoms with E-state index in [1.54, 1.807) is 12.1 Å². The predicted octanol–water partition coefficient (Wildman–Crippen LogP) is 2.75. The van der Waals surface area contributed by atoms with Gasteiger partial charge in [-0.2, -0.15) is 0 Å². The zero-order valence-corrected chi connectivity index (χ0v) is 13.3. The fourth-order valence-corrected chi connectivity index (χ4v) is 3.91. The summed E-state index contributed by atoms with van der Waals surface area (Å²) in [6.45, 7) is 2.73. The number of halogens is 1. The van der Waals surface area contributed by atoms with Gasteiger partial charge in [-0.15, -0.1) is 0 Å². The molecule has 1 aromatic rings. The first-order valence-electron chi connectivity index (χ1n) is 6.43.